The first-order valence-electron chi connectivity index (χ1n) is 12.9. The molecule has 3 heteroatoms. The van der Waals surface area contributed by atoms with Crippen LogP contribution in [0.4, 0.5) is 0 Å². The zero-order valence-corrected chi connectivity index (χ0v) is 20.6. The molecular formula is C35H23N3. The highest BCUT2D eigenvalue weighted by atomic mass is 15.0. The lowest BCUT2D eigenvalue weighted by Gasteiger charge is -2.15. The molecule has 0 aliphatic heterocycles. The highest BCUT2D eigenvalue weighted by Crippen LogP contribution is 2.42. The lowest BCUT2D eigenvalue weighted by molar-refractivity contribution is 1.16. The summed E-state index contributed by atoms with van der Waals surface area (Å²) >= 11 is 0. The van der Waals surface area contributed by atoms with Crippen LogP contribution < -0.4 is 0 Å². The molecule has 0 atom stereocenters. The molecule has 0 spiro atoms. The summed E-state index contributed by atoms with van der Waals surface area (Å²) in [5.74, 6) is 0. The molecule has 0 bridgehead atoms. The van der Waals surface area contributed by atoms with Crippen molar-refractivity contribution in [2.24, 2.45) is 0 Å². The third-order valence-electron chi connectivity index (χ3n) is 7.60. The number of para-hydroxylation sites is 5. The Hall–Kier alpha value is -5.15. The molecule has 0 fully saturated rings. The Morgan fingerprint density at radius 3 is 1.53 bits per heavy atom. The lowest BCUT2D eigenvalue weighted by Crippen LogP contribution is -1.98. The lowest BCUT2D eigenvalue weighted by atomic mass is 9.99. The molecule has 8 aromatic rings. The van der Waals surface area contributed by atoms with Crippen molar-refractivity contribution in [2.45, 2.75) is 0 Å². The van der Waals surface area contributed by atoms with Gasteiger partial charge in [-0.05, 0) is 36.4 Å². The van der Waals surface area contributed by atoms with E-state index < -0.39 is 0 Å². The molecule has 0 unspecified atom stereocenters. The maximum atomic E-state index is 4.50. The minimum atomic E-state index is 1.11. The third kappa shape index (κ3) is 2.93. The van der Waals surface area contributed by atoms with Crippen LogP contribution in [0, 0.1) is 0 Å². The maximum absolute atomic E-state index is 4.50. The Bertz CT molecular complexity index is 1960. The van der Waals surface area contributed by atoms with E-state index in [1.165, 1.54) is 49.2 Å². The normalized spacial score (nSPS) is 11.7. The Balaban J connectivity index is 1.57. The third-order valence-corrected chi connectivity index (χ3v) is 7.60. The highest BCUT2D eigenvalue weighted by Gasteiger charge is 2.20. The minimum Gasteiger partial charge on any atom is -0.309 e. The van der Waals surface area contributed by atoms with E-state index >= 15 is 0 Å². The van der Waals surface area contributed by atoms with Gasteiger partial charge in [0.2, 0.25) is 0 Å². The SMILES string of the molecule is c1ccc(-n2c3ccccc3c3cccc(-c4cccc5c6ccncc6n(-c6ccccc6)c45)c32)cc1. The van der Waals surface area contributed by atoms with Crippen molar-refractivity contribution >= 4 is 43.6 Å². The van der Waals surface area contributed by atoms with Crippen LogP contribution in [-0.2, 0) is 0 Å². The molecule has 178 valence electrons. The number of aromatic nitrogens is 3. The van der Waals surface area contributed by atoms with Crippen molar-refractivity contribution in [1.29, 1.82) is 0 Å². The van der Waals surface area contributed by atoms with Crippen LogP contribution in [0.15, 0.2) is 140 Å². The van der Waals surface area contributed by atoms with E-state index in [0.29, 0.717) is 0 Å². The number of nitrogens with zero attached hydrogens (tertiary/aromatic N) is 3. The molecular weight excluding hydrogens is 462 g/mol. The number of hydrogen-bond donors (Lipinski definition) is 0. The Labute approximate surface area is 219 Å². The predicted octanol–water partition coefficient (Wildman–Crippen LogP) is 8.94. The molecule has 0 aliphatic carbocycles. The van der Waals surface area contributed by atoms with Gasteiger partial charge in [0.25, 0.3) is 0 Å². The summed E-state index contributed by atoms with van der Waals surface area (Å²) in [4.78, 5) is 4.50. The average molecular weight is 486 g/mol. The number of hydrogen-bond acceptors (Lipinski definition) is 1. The molecule has 8 rings (SSSR count). The van der Waals surface area contributed by atoms with Crippen LogP contribution in [0.3, 0.4) is 0 Å². The fourth-order valence-electron chi connectivity index (χ4n) is 6.06. The first-order chi connectivity index (χ1) is 18.9. The number of fused-ring (bicyclic) bond motifs is 6. The maximum Gasteiger partial charge on any atom is 0.0724 e. The van der Waals surface area contributed by atoms with Crippen molar-refractivity contribution in [3.63, 3.8) is 0 Å². The van der Waals surface area contributed by atoms with E-state index in [-0.39, 0.29) is 0 Å². The van der Waals surface area contributed by atoms with Gasteiger partial charge in [-0.1, -0.05) is 91.0 Å². The summed E-state index contributed by atoms with van der Waals surface area (Å²) in [5.41, 5.74) is 9.43. The summed E-state index contributed by atoms with van der Waals surface area (Å²) in [6.07, 6.45) is 3.87. The van der Waals surface area contributed by atoms with Crippen LogP contribution in [0.25, 0.3) is 66.1 Å². The molecule has 5 aromatic carbocycles. The first kappa shape index (κ1) is 21.0. The van der Waals surface area contributed by atoms with Crippen molar-refractivity contribution in [3.05, 3.63) is 140 Å². The van der Waals surface area contributed by atoms with Gasteiger partial charge in [0.15, 0.2) is 0 Å². The van der Waals surface area contributed by atoms with Crippen molar-refractivity contribution < 1.29 is 0 Å². The second-order valence-corrected chi connectivity index (χ2v) is 9.66. The summed E-state index contributed by atoms with van der Waals surface area (Å²) in [6.45, 7) is 0. The van der Waals surface area contributed by atoms with Gasteiger partial charge >= 0.3 is 0 Å². The van der Waals surface area contributed by atoms with Gasteiger partial charge in [0, 0.05) is 50.2 Å². The zero-order valence-electron chi connectivity index (χ0n) is 20.6. The smallest absolute Gasteiger partial charge is 0.0724 e. The molecule has 0 aliphatic rings. The highest BCUT2D eigenvalue weighted by molar-refractivity contribution is 6.18. The Morgan fingerprint density at radius 2 is 0.895 bits per heavy atom. The largest absolute Gasteiger partial charge is 0.309 e. The van der Waals surface area contributed by atoms with E-state index in [9.17, 15) is 0 Å². The van der Waals surface area contributed by atoms with Gasteiger partial charge in [-0.15, -0.1) is 0 Å². The molecule has 0 amide bonds. The molecule has 38 heavy (non-hydrogen) atoms. The van der Waals surface area contributed by atoms with Crippen LogP contribution in [0.5, 0.6) is 0 Å². The fourth-order valence-corrected chi connectivity index (χ4v) is 6.06. The standard InChI is InChI=1S/C35H23N3/c1-3-11-24(12-4-1)37-32-20-8-7-15-26(32)28-16-9-18-30(34(28)37)31-19-10-17-29-27-21-22-36-23-33(27)38(35(29)31)25-13-5-2-6-14-25/h1-23H. The van der Waals surface area contributed by atoms with Crippen LogP contribution >= 0.6 is 0 Å². The Morgan fingerprint density at radius 1 is 0.395 bits per heavy atom. The van der Waals surface area contributed by atoms with Crippen molar-refractivity contribution in [2.75, 3.05) is 0 Å². The minimum absolute atomic E-state index is 1.11. The summed E-state index contributed by atoms with van der Waals surface area (Å²) in [5, 5.41) is 4.94. The molecule has 0 saturated carbocycles. The first-order valence-corrected chi connectivity index (χ1v) is 12.9. The van der Waals surface area contributed by atoms with Gasteiger partial charge in [0.1, 0.15) is 0 Å². The van der Waals surface area contributed by atoms with E-state index in [0.717, 1.165) is 16.9 Å². The zero-order chi connectivity index (χ0) is 25.1. The monoisotopic (exact) mass is 485 g/mol. The van der Waals surface area contributed by atoms with Gasteiger partial charge in [-0.3, -0.25) is 4.98 Å². The molecule has 3 nitrogen and oxygen atoms in total. The van der Waals surface area contributed by atoms with Gasteiger partial charge in [-0.25, -0.2) is 0 Å². The van der Waals surface area contributed by atoms with Crippen LogP contribution in [0.2, 0.25) is 0 Å². The number of rotatable bonds is 3. The van der Waals surface area contributed by atoms with E-state index in [2.05, 4.69) is 142 Å². The van der Waals surface area contributed by atoms with Crippen LogP contribution in [-0.4, -0.2) is 14.1 Å². The second kappa shape index (κ2) is 8.19. The average Bonchev–Trinajstić information content (AvgIpc) is 3.51. The van der Waals surface area contributed by atoms with Crippen molar-refractivity contribution in [1.82, 2.24) is 14.1 Å². The summed E-state index contributed by atoms with van der Waals surface area (Å²) < 4.78 is 4.78. The molecule has 0 radical (unpaired) electrons. The van der Waals surface area contributed by atoms with Crippen molar-refractivity contribution in [3.8, 4) is 22.5 Å². The molecule has 0 saturated heterocycles. The predicted molar refractivity (Wildman–Crippen MR) is 158 cm³/mol. The van der Waals surface area contributed by atoms with E-state index in [4.69, 9.17) is 0 Å². The van der Waals surface area contributed by atoms with Crippen LogP contribution in [0.1, 0.15) is 0 Å². The summed E-state index contributed by atoms with van der Waals surface area (Å²) in [7, 11) is 0. The molecule has 3 aromatic heterocycles. The topological polar surface area (TPSA) is 22.8 Å². The molecule has 0 N–H and O–H groups in total. The number of benzene rings is 5. The second-order valence-electron chi connectivity index (χ2n) is 9.66. The van der Waals surface area contributed by atoms with E-state index in [1.807, 2.05) is 12.4 Å². The van der Waals surface area contributed by atoms with Gasteiger partial charge < -0.3 is 9.13 Å². The van der Waals surface area contributed by atoms with Gasteiger partial charge in [0.05, 0.1) is 28.3 Å². The summed E-state index contributed by atoms with van der Waals surface area (Å²) in [6, 6.07) is 45.5. The molecule has 3 heterocycles. The Kier molecular flexibility index (Phi) is 4.52. The van der Waals surface area contributed by atoms with Gasteiger partial charge in [-0.2, -0.15) is 0 Å². The number of pyridine rings is 1. The quantitative estimate of drug-likeness (QED) is 0.245. The van der Waals surface area contributed by atoms with E-state index in [1.54, 1.807) is 0 Å². The fraction of sp³-hybridized carbons (Fsp3) is 0.